The summed E-state index contributed by atoms with van der Waals surface area (Å²) in [4.78, 5) is 12.1. The number of aryl methyl sites for hydroxylation is 1. The molecule has 0 heterocycles. The van der Waals surface area contributed by atoms with Crippen LogP contribution in [0.4, 0.5) is 5.69 Å². The van der Waals surface area contributed by atoms with Gasteiger partial charge in [0.05, 0.1) is 5.56 Å². The first-order valence-corrected chi connectivity index (χ1v) is 6.55. The Morgan fingerprint density at radius 1 is 1.20 bits per heavy atom. The first-order chi connectivity index (χ1) is 9.61. The number of carbonyl (C=O) groups is 1. The number of carbonyl (C=O) groups excluding carboxylic acids is 1. The molecule has 4 heteroatoms. The molecule has 0 saturated heterocycles. The number of nitrogens with two attached hydrogens (primary N) is 1. The van der Waals surface area contributed by atoms with Crippen molar-refractivity contribution in [2.75, 3.05) is 5.73 Å². The van der Waals surface area contributed by atoms with E-state index in [1.165, 1.54) is 23.8 Å². The van der Waals surface area contributed by atoms with Crippen molar-refractivity contribution in [3.8, 4) is 5.75 Å². The van der Waals surface area contributed by atoms with Gasteiger partial charge >= 0.3 is 0 Å². The maximum absolute atomic E-state index is 12.1. The van der Waals surface area contributed by atoms with Gasteiger partial charge in [0.1, 0.15) is 5.75 Å². The molecule has 0 fully saturated rings. The topological polar surface area (TPSA) is 75.3 Å². The van der Waals surface area contributed by atoms with E-state index in [1.807, 2.05) is 24.3 Å². The van der Waals surface area contributed by atoms with Crippen LogP contribution in [0.15, 0.2) is 42.5 Å². The number of phenolic OH excluding ortho intramolecular Hbond substituents is 1. The molecule has 2 rings (SSSR count). The molecule has 0 saturated carbocycles. The van der Waals surface area contributed by atoms with Crippen molar-refractivity contribution in [3.63, 3.8) is 0 Å². The van der Waals surface area contributed by atoms with Gasteiger partial charge in [-0.05, 0) is 35.7 Å². The molecule has 2 aromatic rings. The van der Waals surface area contributed by atoms with Gasteiger partial charge in [0, 0.05) is 12.2 Å². The largest absolute Gasteiger partial charge is 0.508 e. The molecule has 2 aromatic carbocycles. The van der Waals surface area contributed by atoms with Crippen LogP contribution in [-0.4, -0.2) is 11.0 Å². The normalized spacial score (nSPS) is 10.2. The summed E-state index contributed by atoms with van der Waals surface area (Å²) in [6.07, 6.45) is 0.917. The zero-order valence-corrected chi connectivity index (χ0v) is 11.4. The van der Waals surface area contributed by atoms with Gasteiger partial charge < -0.3 is 16.2 Å². The molecular weight excluding hydrogens is 252 g/mol. The third-order valence-electron chi connectivity index (χ3n) is 3.22. The Balaban J connectivity index is 2.11. The Morgan fingerprint density at radius 3 is 2.60 bits per heavy atom. The average molecular weight is 270 g/mol. The molecule has 0 spiro atoms. The number of amides is 1. The van der Waals surface area contributed by atoms with Crippen molar-refractivity contribution >= 4 is 11.6 Å². The van der Waals surface area contributed by atoms with E-state index in [4.69, 9.17) is 5.73 Å². The molecule has 4 nitrogen and oxygen atoms in total. The molecule has 0 unspecified atom stereocenters. The van der Waals surface area contributed by atoms with Gasteiger partial charge in [-0.2, -0.15) is 0 Å². The Hall–Kier alpha value is -2.49. The van der Waals surface area contributed by atoms with Gasteiger partial charge in [-0.1, -0.05) is 31.2 Å². The Labute approximate surface area is 118 Å². The molecule has 0 aromatic heterocycles. The molecule has 0 bridgehead atoms. The van der Waals surface area contributed by atoms with E-state index in [9.17, 15) is 9.90 Å². The van der Waals surface area contributed by atoms with Gasteiger partial charge in [0.2, 0.25) is 0 Å². The van der Waals surface area contributed by atoms with Crippen LogP contribution in [0.25, 0.3) is 0 Å². The molecule has 0 aliphatic heterocycles. The fourth-order valence-electron chi connectivity index (χ4n) is 2.09. The van der Waals surface area contributed by atoms with Crippen LogP contribution in [0.3, 0.4) is 0 Å². The lowest BCUT2D eigenvalue weighted by Crippen LogP contribution is -2.24. The van der Waals surface area contributed by atoms with E-state index in [1.54, 1.807) is 0 Å². The summed E-state index contributed by atoms with van der Waals surface area (Å²) in [6, 6.07) is 12.3. The first kappa shape index (κ1) is 13.9. The lowest BCUT2D eigenvalue weighted by atomic mass is 10.1. The van der Waals surface area contributed by atoms with Crippen LogP contribution in [0, 0.1) is 0 Å². The first-order valence-electron chi connectivity index (χ1n) is 6.55. The molecule has 1 amide bonds. The van der Waals surface area contributed by atoms with Gasteiger partial charge in [0.15, 0.2) is 0 Å². The highest BCUT2D eigenvalue weighted by molar-refractivity contribution is 5.99. The summed E-state index contributed by atoms with van der Waals surface area (Å²) in [5.74, 6) is -0.261. The van der Waals surface area contributed by atoms with E-state index < -0.39 is 0 Å². The molecule has 104 valence electrons. The van der Waals surface area contributed by atoms with Gasteiger partial charge in [-0.15, -0.1) is 0 Å². The van der Waals surface area contributed by atoms with E-state index >= 15 is 0 Å². The maximum Gasteiger partial charge on any atom is 0.253 e. The second-order valence-electron chi connectivity index (χ2n) is 4.58. The van der Waals surface area contributed by atoms with E-state index in [0.29, 0.717) is 17.8 Å². The Kier molecular flexibility index (Phi) is 4.25. The average Bonchev–Trinajstić information content (AvgIpc) is 2.47. The number of hydrogen-bond donors (Lipinski definition) is 3. The third kappa shape index (κ3) is 3.09. The van der Waals surface area contributed by atoms with E-state index in [-0.39, 0.29) is 11.7 Å². The molecule has 0 aliphatic rings. The van der Waals surface area contributed by atoms with Gasteiger partial charge in [-0.25, -0.2) is 0 Å². The second-order valence-corrected chi connectivity index (χ2v) is 4.58. The predicted molar refractivity (Wildman–Crippen MR) is 79.5 cm³/mol. The quantitative estimate of drug-likeness (QED) is 0.590. The number of rotatable bonds is 4. The summed E-state index contributed by atoms with van der Waals surface area (Å²) in [6.45, 7) is 2.52. The molecule has 0 aliphatic carbocycles. The van der Waals surface area contributed by atoms with Crippen LogP contribution in [0.2, 0.25) is 0 Å². The van der Waals surface area contributed by atoms with Crippen LogP contribution in [0.5, 0.6) is 5.75 Å². The number of anilines is 1. The molecule has 0 radical (unpaired) electrons. The summed E-state index contributed by atoms with van der Waals surface area (Å²) in [7, 11) is 0. The van der Waals surface area contributed by atoms with E-state index in [0.717, 1.165) is 12.0 Å². The van der Waals surface area contributed by atoms with Crippen molar-refractivity contribution in [1.82, 2.24) is 5.32 Å². The summed E-state index contributed by atoms with van der Waals surface area (Å²) in [5, 5.41) is 12.2. The van der Waals surface area contributed by atoms with Gasteiger partial charge in [-0.3, -0.25) is 4.79 Å². The fourth-order valence-corrected chi connectivity index (χ4v) is 2.09. The number of hydrogen-bond acceptors (Lipinski definition) is 3. The van der Waals surface area contributed by atoms with Crippen molar-refractivity contribution < 1.29 is 9.90 Å². The number of phenols is 1. The van der Waals surface area contributed by atoms with E-state index in [2.05, 4.69) is 12.2 Å². The van der Waals surface area contributed by atoms with Crippen molar-refractivity contribution in [2.45, 2.75) is 19.9 Å². The number of nitrogen functional groups attached to an aromatic ring is 1. The minimum Gasteiger partial charge on any atom is -0.508 e. The standard InChI is InChI=1S/C16H18N2O2/c1-2-11-5-3-4-6-12(11)10-18-16(20)14-9-13(19)7-8-15(14)17/h3-9,19H,2,10,17H2,1H3,(H,18,20). The lowest BCUT2D eigenvalue weighted by Gasteiger charge is -2.10. The minimum absolute atomic E-state index is 0.0262. The highest BCUT2D eigenvalue weighted by Gasteiger charge is 2.11. The second kappa shape index (κ2) is 6.10. The summed E-state index contributed by atoms with van der Waals surface area (Å²) >= 11 is 0. The minimum atomic E-state index is -0.288. The number of benzene rings is 2. The van der Waals surface area contributed by atoms with Crippen molar-refractivity contribution in [2.24, 2.45) is 0 Å². The monoisotopic (exact) mass is 270 g/mol. The summed E-state index contributed by atoms with van der Waals surface area (Å²) in [5.41, 5.74) is 8.68. The molecular formula is C16H18N2O2. The highest BCUT2D eigenvalue weighted by atomic mass is 16.3. The zero-order valence-electron chi connectivity index (χ0n) is 11.4. The van der Waals surface area contributed by atoms with Crippen LogP contribution in [0.1, 0.15) is 28.4 Å². The van der Waals surface area contributed by atoms with Gasteiger partial charge in [0.25, 0.3) is 5.91 Å². The fraction of sp³-hybridized carbons (Fsp3) is 0.188. The van der Waals surface area contributed by atoms with Crippen LogP contribution < -0.4 is 11.1 Å². The zero-order chi connectivity index (χ0) is 14.5. The Morgan fingerprint density at radius 2 is 1.90 bits per heavy atom. The third-order valence-corrected chi connectivity index (χ3v) is 3.22. The number of aromatic hydroxyl groups is 1. The van der Waals surface area contributed by atoms with Crippen LogP contribution in [-0.2, 0) is 13.0 Å². The van der Waals surface area contributed by atoms with Crippen molar-refractivity contribution in [1.29, 1.82) is 0 Å². The van der Waals surface area contributed by atoms with Crippen molar-refractivity contribution in [3.05, 3.63) is 59.2 Å². The highest BCUT2D eigenvalue weighted by Crippen LogP contribution is 2.18. The molecule has 20 heavy (non-hydrogen) atoms. The number of nitrogens with one attached hydrogen (secondary N) is 1. The van der Waals surface area contributed by atoms with Crippen LogP contribution >= 0.6 is 0 Å². The molecule has 4 N–H and O–H groups in total. The Bertz CT molecular complexity index is 624. The molecule has 0 atom stereocenters. The predicted octanol–water partition coefficient (Wildman–Crippen LogP) is 2.47. The summed E-state index contributed by atoms with van der Waals surface area (Å²) < 4.78 is 0. The SMILES string of the molecule is CCc1ccccc1CNC(=O)c1cc(O)ccc1N. The smallest absolute Gasteiger partial charge is 0.253 e. The maximum atomic E-state index is 12.1. The lowest BCUT2D eigenvalue weighted by molar-refractivity contribution is 0.0951.